The summed E-state index contributed by atoms with van der Waals surface area (Å²) in [6, 6.07) is 18.1. The Bertz CT molecular complexity index is 1210. The molecule has 1 aromatic heterocycles. The lowest BCUT2D eigenvalue weighted by molar-refractivity contribution is 0.0899. The molecule has 162 valence electrons. The first-order chi connectivity index (χ1) is 15.6. The van der Waals surface area contributed by atoms with E-state index in [9.17, 15) is 4.79 Å². The highest BCUT2D eigenvalue weighted by atomic mass is 16.5. The molecule has 6 nitrogen and oxygen atoms in total. The van der Waals surface area contributed by atoms with Crippen molar-refractivity contribution in [1.29, 1.82) is 0 Å². The molecule has 1 unspecified atom stereocenters. The normalized spacial score (nSPS) is 19.4. The Balaban J connectivity index is 1.43. The van der Waals surface area contributed by atoms with Crippen molar-refractivity contribution in [3.63, 3.8) is 0 Å². The van der Waals surface area contributed by atoms with Crippen LogP contribution in [-0.4, -0.2) is 36.8 Å². The van der Waals surface area contributed by atoms with Crippen molar-refractivity contribution in [2.24, 2.45) is 4.99 Å². The van der Waals surface area contributed by atoms with Crippen LogP contribution in [0.15, 0.2) is 65.8 Å². The maximum atomic E-state index is 13.3. The lowest BCUT2D eigenvalue weighted by Crippen LogP contribution is -2.47. The smallest absolute Gasteiger partial charge is 0.270 e. The molecule has 5 rings (SSSR count). The average Bonchev–Trinajstić information content (AvgIpc) is 3.46. The maximum absolute atomic E-state index is 13.3. The Kier molecular flexibility index (Phi) is 5.23. The summed E-state index contributed by atoms with van der Waals surface area (Å²) in [5.74, 6) is 0.593. The molecule has 0 aliphatic carbocycles. The van der Waals surface area contributed by atoms with Gasteiger partial charge in [0, 0.05) is 24.0 Å². The molecular formula is C26H26N4O2. The van der Waals surface area contributed by atoms with Gasteiger partial charge in [0.2, 0.25) is 0 Å². The molecular weight excluding hydrogens is 400 g/mol. The topological polar surface area (TPSA) is 75.6 Å². The van der Waals surface area contributed by atoms with Gasteiger partial charge in [0.25, 0.3) is 5.91 Å². The predicted octanol–water partition coefficient (Wildman–Crippen LogP) is 3.70. The van der Waals surface area contributed by atoms with E-state index in [0.717, 1.165) is 47.7 Å². The summed E-state index contributed by atoms with van der Waals surface area (Å²) in [6.07, 6.45) is 2.50. The van der Waals surface area contributed by atoms with Gasteiger partial charge in [0.15, 0.2) is 0 Å². The number of rotatable bonds is 5. The monoisotopic (exact) mass is 426 g/mol. The third-order valence-corrected chi connectivity index (χ3v) is 6.44. The third-order valence-electron chi connectivity index (χ3n) is 6.44. The van der Waals surface area contributed by atoms with Gasteiger partial charge in [-0.3, -0.25) is 14.8 Å². The van der Waals surface area contributed by atoms with E-state index in [4.69, 9.17) is 4.74 Å². The van der Waals surface area contributed by atoms with Gasteiger partial charge in [-0.05, 0) is 72.5 Å². The summed E-state index contributed by atoms with van der Waals surface area (Å²) in [7, 11) is 1.65. The summed E-state index contributed by atoms with van der Waals surface area (Å²) < 4.78 is 5.40. The van der Waals surface area contributed by atoms with Gasteiger partial charge in [-0.15, -0.1) is 0 Å². The van der Waals surface area contributed by atoms with Crippen molar-refractivity contribution in [2.45, 2.75) is 25.4 Å². The number of hydrogen-bond donors (Lipinski definition) is 2. The fraction of sp³-hybridized carbons (Fsp3) is 0.269. The maximum Gasteiger partial charge on any atom is 0.270 e. The number of ether oxygens (including phenoxy) is 1. The standard InChI is InChI=1S/C26H26N4O2/c1-17-23-12-18(6-7-20(23)15-29-17)19-8-10-28-24(13-19)25(31)30-26(9-11-27-16-26)21-4-3-5-22(14-21)32-2/h3-8,10,12-14,27H,9,11,15-16H2,1-2H3,(H,30,31). The molecule has 3 heterocycles. The fourth-order valence-corrected chi connectivity index (χ4v) is 4.57. The second kappa shape index (κ2) is 8.20. The number of nitrogens with zero attached hydrogens (tertiary/aromatic N) is 2. The number of fused-ring (bicyclic) bond motifs is 1. The van der Waals surface area contributed by atoms with E-state index in [1.807, 2.05) is 43.3 Å². The summed E-state index contributed by atoms with van der Waals surface area (Å²) in [6.45, 7) is 4.27. The highest BCUT2D eigenvalue weighted by Crippen LogP contribution is 2.31. The number of carbonyl (C=O) groups is 1. The zero-order valence-corrected chi connectivity index (χ0v) is 18.3. The van der Waals surface area contributed by atoms with Crippen molar-refractivity contribution >= 4 is 11.6 Å². The molecule has 2 aliphatic heterocycles. The highest BCUT2D eigenvalue weighted by molar-refractivity contribution is 6.03. The molecule has 0 saturated carbocycles. The number of hydrogen-bond acceptors (Lipinski definition) is 5. The van der Waals surface area contributed by atoms with Gasteiger partial charge in [-0.1, -0.05) is 24.3 Å². The molecule has 3 aromatic rings. The van der Waals surface area contributed by atoms with E-state index < -0.39 is 5.54 Å². The predicted molar refractivity (Wildman–Crippen MR) is 125 cm³/mol. The molecule has 1 amide bonds. The van der Waals surface area contributed by atoms with Gasteiger partial charge in [-0.2, -0.15) is 0 Å². The minimum Gasteiger partial charge on any atom is -0.497 e. The van der Waals surface area contributed by atoms with Crippen LogP contribution >= 0.6 is 0 Å². The minimum atomic E-state index is -0.496. The van der Waals surface area contributed by atoms with Gasteiger partial charge in [0.05, 0.1) is 19.2 Å². The second-order valence-electron chi connectivity index (χ2n) is 8.40. The van der Waals surface area contributed by atoms with E-state index in [2.05, 4.69) is 38.8 Å². The fourth-order valence-electron chi connectivity index (χ4n) is 4.57. The zero-order chi connectivity index (χ0) is 22.1. The average molecular weight is 427 g/mol. The molecule has 1 fully saturated rings. The second-order valence-corrected chi connectivity index (χ2v) is 8.40. The number of aliphatic imine (C=N–C) groups is 1. The molecule has 2 N–H and O–H groups in total. The van der Waals surface area contributed by atoms with Crippen LogP contribution in [0.1, 0.15) is 40.5 Å². The van der Waals surface area contributed by atoms with Crippen molar-refractivity contribution in [2.75, 3.05) is 20.2 Å². The number of nitrogens with one attached hydrogen (secondary N) is 2. The number of benzene rings is 2. The molecule has 0 radical (unpaired) electrons. The summed E-state index contributed by atoms with van der Waals surface area (Å²) in [4.78, 5) is 22.2. The highest BCUT2D eigenvalue weighted by Gasteiger charge is 2.37. The van der Waals surface area contributed by atoms with Crippen LogP contribution in [0.4, 0.5) is 0 Å². The number of amides is 1. The Labute approximate surface area is 187 Å². The van der Waals surface area contributed by atoms with Crippen LogP contribution in [0.2, 0.25) is 0 Å². The van der Waals surface area contributed by atoms with Crippen LogP contribution in [0.3, 0.4) is 0 Å². The SMILES string of the molecule is COc1cccc(C2(NC(=O)c3cc(-c4ccc5c(c4)C(C)=NC5)ccn3)CCNC2)c1. The number of methoxy groups -OCH3 is 1. The lowest BCUT2D eigenvalue weighted by atomic mass is 9.88. The lowest BCUT2D eigenvalue weighted by Gasteiger charge is -2.30. The third kappa shape index (κ3) is 3.67. The molecule has 2 aliphatic rings. The minimum absolute atomic E-state index is 0.183. The summed E-state index contributed by atoms with van der Waals surface area (Å²) in [5, 5.41) is 6.65. The zero-order valence-electron chi connectivity index (χ0n) is 18.3. The Morgan fingerprint density at radius 1 is 1.12 bits per heavy atom. The Morgan fingerprint density at radius 3 is 2.81 bits per heavy atom. The van der Waals surface area contributed by atoms with Crippen LogP contribution in [0.25, 0.3) is 11.1 Å². The van der Waals surface area contributed by atoms with E-state index in [1.54, 1.807) is 13.3 Å². The Morgan fingerprint density at radius 2 is 2.00 bits per heavy atom. The van der Waals surface area contributed by atoms with Gasteiger partial charge < -0.3 is 15.4 Å². The van der Waals surface area contributed by atoms with Crippen molar-refractivity contribution < 1.29 is 9.53 Å². The molecule has 1 atom stereocenters. The quantitative estimate of drug-likeness (QED) is 0.652. The van der Waals surface area contributed by atoms with Crippen LogP contribution in [-0.2, 0) is 12.1 Å². The first-order valence-electron chi connectivity index (χ1n) is 10.9. The number of aromatic nitrogens is 1. The number of carbonyl (C=O) groups excluding carboxylic acids is 1. The van der Waals surface area contributed by atoms with Crippen LogP contribution in [0.5, 0.6) is 5.75 Å². The number of pyridine rings is 1. The van der Waals surface area contributed by atoms with Crippen LogP contribution in [0, 0.1) is 0 Å². The first kappa shape index (κ1) is 20.4. The van der Waals surface area contributed by atoms with Gasteiger partial charge in [0.1, 0.15) is 11.4 Å². The van der Waals surface area contributed by atoms with Crippen molar-refractivity contribution in [1.82, 2.24) is 15.6 Å². The molecule has 0 bridgehead atoms. The van der Waals surface area contributed by atoms with Gasteiger partial charge >= 0.3 is 0 Å². The van der Waals surface area contributed by atoms with E-state index in [0.29, 0.717) is 12.2 Å². The van der Waals surface area contributed by atoms with Crippen molar-refractivity contribution in [3.05, 3.63) is 83.2 Å². The summed E-state index contributed by atoms with van der Waals surface area (Å²) >= 11 is 0. The van der Waals surface area contributed by atoms with Crippen LogP contribution < -0.4 is 15.4 Å². The molecule has 32 heavy (non-hydrogen) atoms. The van der Waals surface area contributed by atoms with Gasteiger partial charge in [-0.25, -0.2) is 0 Å². The largest absolute Gasteiger partial charge is 0.497 e. The molecule has 6 heteroatoms. The Hall–Kier alpha value is -3.51. The molecule has 0 spiro atoms. The van der Waals surface area contributed by atoms with E-state index >= 15 is 0 Å². The van der Waals surface area contributed by atoms with E-state index in [-0.39, 0.29) is 5.91 Å². The summed E-state index contributed by atoms with van der Waals surface area (Å²) in [5.41, 5.74) is 6.44. The van der Waals surface area contributed by atoms with E-state index in [1.165, 1.54) is 11.1 Å². The molecule has 1 saturated heterocycles. The molecule has 2 aromatic carbocycles. The first-order valence-corrected chi connectivity index (χ1v) is 10.9. The van der Waals surface area contributed by atoms with Crippen molar-refractivity contribution in [3.8, 4) is 16.9 Å².